The first kappa shape index (κ1) is 45.8. The molecule has 0 bridgehead atoms. The molecule has 0 unspecified atom stereocenters. The van der Waals surface area contributed by atoms with Gasteiger partial charge in [0.25, 0.3) is 0 Å². The summed E-state index contributed by atoms with van der Waals surface area (Å²) in [6.07, 6.45) is 0.956. The smallest absolute Gasteiger partial charge is 0.862 e. The van der Waals surface area contributed by atoms with Crippen LogP contribution in [-0.4, -0.2) is 48.7 Å². The molecule has 0 radical (unpaired) electrons. The number of nitrogens with zero attached hydrogens (tertiary/aromatic N) is 3. The topological polar surface area (TPSA) is 148 Å². The van der Waals surface area contributed by atoms with Gasteiger partial charge in [0.1, 0.15) is 6.08 Å². The Kier molecular flexibility index (Phi) is 29.1. The summed E-state index contributed by atoms with van der Waals surface area (Å²) in [5.41, 5.74) is -0.673. The molecule has 0 amide bonds. The fourth-order valence-electron chi connectivity index (χ4n) is 2.73. The first-order chi connectivity index (χ1) is 14.6. The third-order valence-corrected chi connectivity index (χ3v) is 4.20. The Balaban J connectivity index is -0.000000801. The van der Waals surface area contributed by atoms with Crippen LogP contribution in [0.25, 0.3) is 0 Å². The maximum Gasteiger partial charge on any atom is 1.00 e. The van der Waals surface area contributed by atoms with Crippen molar-refractivity contribution in [3.05, 3.63) is 12.0 Å². The van der Waals surface area contributed by atoms with Gasteiger partial charge in [0, 0.05) is 11.5 Å². The van der Waals surface area contributed by atoms with Crippen LogP contribution in [0.4, 0.5) is 0 Å². The van der Waals surface area contributed by atoms with E-state index in [2.05, 4.69) is 19.7 Å². The summed E-state index contributed by atoms with van der Waals surface area (Å²) in [7, 11) is 1.26. The number of hydrogen-bond acceptors (Lipinski definition) is 9. The van der Waals surface area contributed by atoms with Crippen LogP contribution in [-0.2, 0) is 9.47 Å². The number of hydrogen-bond donors (Lipinski definition) is 0. The fraction of sp³-hybridized carbons (Fsp3) is 0.783. The van der Waals surface area contributed by atoms with Crippen molar-refractivity contribution >= 4 is 17.9 Å². The monoisotopic (exact) mass is 481 g/mol. The van der Waals surface area contributed by atoms with E-state index in [0.29, 0.717) is 6.42 Å². The van der Waals surface area contributed by atoms with Gasteiger partial charge in [-0.05, 0) is 63.0 Å². The zero-order valence-electron chi connectivity index (χ0n) is 24.9. The van der Waals surface area contributed by atoms with Crippen LogP contribution < -0.4 is 95.9 Å². The van der Waals surface area contributed by atoms with Gasteiger partial charge in [-0.2, -0.15) is 0 Å². The Morgan fingerprint density at radius 1 is 0.806 bits per heavy atom. The summed E-state index contributed by atoms with van der Waals surface area (Å²) in [5, 5.41) is 48.2. The quantitative estimate of drug-likeness (QED) is 0.117. The second-order valence-electron chi connectivity index (χ2n) is 9.61. The van der Waals surface area contributed by atoms with Crippen molar-refractivity contribution in [2.45, 2.75) is 98.4 Å². The van der Waals surface area contributed by atoms with Gasteiger partial charge in [0.2, 0.25) is 0 Å². The predicted molar refractivity (Wildman–Crippen MR) is 119 cm³/mol. The summed E-state index contributed by atoms with van der Waals surface area (Å²) in [6, 6.07) is -1.75. The van der Waals surface area contributed by atoms with E-state index in [1.807, 2.05) is 27.7 Å². The fourth-order valence-corrected chi connectivity index (χ4v) is 2.73. The Bertz CT molecular complexity index is 696. The molecule has 9 nitrogen and oxygen atoms in total. The molecule has 0 saturated carbocycles. The first-order valence-electron chi connectivity index (χ1n) is 11.0. The van der Waals surface area contributed by atoms with E-state index < -0.39 is 47.6 Å². The van der Waals surface area contributed by atoms with E-state index in [4.69, 9.17) is 4.74 Å². The molecule has 0 fully saturated rings. The molecule has 0 aromatic heterocycles. The van der Waals surface area contributed by atoms with Crippen LogP contribution in [0.1, 0.15) is 74.7 Å². The molecule has 0 aromatic rings. The van der Waals surface area contributed by atoms with E-state index in [9.17, 15) is 20.4 Å². The van der Waals surface area contributed by atoms with Crippen molar-refractivity contribution in [2.75, 3.05) is 7.11 Å². The van der Waals surface area contributed by atoms with E-state index >= 15 is 0 Å². The standard InChI is InChI=1S/C23H43N3O6.4Li/c1-14(2)10-17(12-21(29)31-9)25-19(27)11-16(5)24-20(28)13-18(15(3)4)26-22(30)32-23(6,7)8;;;;/h12,14-18,29H,10-11,13H2,1-9H3,(H,24,28)(H,25,27)(H,26,30);;;;/q;4*+1/p-4/b21-12-;;;;/t16-,17-,18+;;;;/m0..../s1. The van der Waals surface area contributed by atoms with Gasteiger partial charge in [0.05, 0.1) is 18.1 Å². The Morgan fingerprint density at radius 2 is 1.31 bits per heavy atom. The zero-order valence-corrected chi connectivity index (χ0v) is 24.9. The first-order valence-corrected chi connectivity index (χ1v) is 11.0. The average molecular weight is 481 g/mol. The Hall–Kier alpha value is -0.0604. The molecule has 186 valence electrons. The number of rotatable bonds is 12. The molecule has 36 heavy (non-hydrogen) atoms. The average Bonchev–Trinajstić information content (AvgIpc) is 2.57. The molecular weight excluding hydrogens is 442 g/mol. The molecule has 0 aromatic carbocycles. The van der Waals surface area contributed by atoms with Gasteiger partial charge in [-0.15, -0.1) is 0 Å². The Labute approximate surface area is 265 Å². The SMILES string of the molecule is CO/C([O-])=C\[C@H](CC(C)C)N=C([O-])C[C@H](C)N=C([O-])C[C@@H](N=C([O-])OC(C)(C)C)C(C)C.[Li+].[Li+].[Li+].[Li+]. The van der Waals surface area contributed by atoms with Crippen LogP contribution in [0.5, 0.6) is 0 Å². The van der Waals surface area contributed by atoms with Crippen molar-refractivity contribution in [1.82, 2.24) is 0 Å². The largest absolute Gasteiger partial charge is 1.00 e. The molecule has 0 rings (SSSR count). The van der Waals surface area contributed by atoms with Gasteiger partial charge in [0.15, 0.2) is 0 Å². The van der Waals surface area contributed by atoms with Gasteiger partial charge in [-0.25, -0.2) is 0 Å². The third kappa shape index (κ3) is 24.3. The van der Waals surface area contributed by atoms with Crippen molar-refractivity contribution in [3.63, 3.8) is 0 Å². The second-order valence-corrected chi connectivity index (χ2v) is 9.61. The number of ether oxygens (including phenoxy) is 2. The van der Waals surface area contributed by atoms with Crippen LogP contribution >= 0.6 is 0 Å². The number of methoxy groups -OCH3 is 1. The molecule has 13 heteroatoms. The summed E-state index contributed by atoms with van der Waals surface area (Å²) in [5.74, 6) is -1.29. The molecule has 0 heterocycles. The van der Waals surface area contributed by atoms with Crippen LogP contribution in [0, 0.1) is 11.8 Å². The minimum Gasteiger partial charge on any atom is -0.862 e. The predicted octanol–water partition coefficient (Wildman–Crippen LogP) is -11.5. The molecule has 0 aliphatic rings. The van der Waals surface area contributed by atoms with Crippen LogP contribution in [0.3, 0.4) is 0 Å². The molecule has 0 aliphatic heterocycles. The molecule has 0 saturated heterocycles. The van der Waals surface area contributed by atoms with E-state index in [1.54, 1.807) is 27.7 Å². The van der Waals surface area contributed by atoms with E-state index in [1.165, 1.54) is 13.2 Å². The second kappa shape index (κ2) is 22.9. The van der Waals surface area contributed by atoms with Crippen molar-refractivity contribution in [1.29, 1.82) is 0 Å². The number of aliphatic imine (C=N–C) groups is 3. The Morgan fingerprint density at radius 3 is 1.72 bits per heavy atom. The maximum atomic E-state index is 12.4. The van der Waals surface area contributed by atoms with Gasteiger partial charge >= 0.3 is 75.4 Å². The van der Waals surface area contributed by atoms with Crippen LogP contribution in [0.15, 0.2) is 27.0 Å². The van der Waals surface area contributed by atoms with E-state index in [0.717, 1.165) is 0 Å². The maximum absolute atomic E-state index is 12.4. The summed E-state index contributed by atoms with van der Waals surface area (Å²) < 4.78 is 9.81. The van der Waals surface area contributed by atoms with Crippen molar-refractivity contribution < 1.29 is 105 Å². The summed E-state index contributed by atoms with van der Waals surface area (Å²) >= 11 is 0. The normalized spacial score (nSPS) is 15.5. The molecule has 0 aliphatic carbocycles. The van der Waals surface area contributed by atoms with Crippen molar-refractivity contribution in [3.8, 4) is 0 Å². The molecule has 3 atom stereocenters. The molecular formula is C23H39Li4N3O6. The summed E-state index contributed by atoms with van der Waals surface area (Å²) in [4.78, 5) is 12.1. The minimum atomic E-state index is -0.718. The van der Waals surface area contributed by atoms with Crippen LogP contribution in [0.2, 0.25) is 0 Å². The minimum absolute atomic E-state index is 0. The molecule has 0 spiro atoms. The third-order valence-electron chi connectivity index (χ3n) is 4.20. The van der Waals surface area contributed by atoms with Gasteiger partial charge in [-0.3, -0.25) is 9.98 Å². The van der Waals surface area contributed by atoms with Gasteiger partial charge in [-0.1, -0.05) is 48.5 Å². The zero-order chi connectivity index (χ0) is 25.1. The van der Waals surface area contributed by atoms with Crippen molar-refractivity contribution in [2.24, 2.45) is 26.8 Å². The van der Waals surface area contributed by atoms with Gasteiger partial charge < -0.3 is 34.9 Å². The summed E-state index contributed by atoms with van der Waals surface area (Å²) in [6.45, 7) is 14.5. The molecule has 0 N–H and O–H groups in total. The van der Waals surface area contributed by atoms with E-state index in [-0.39, 0.29) is 100 Å².